The van der Waals surface area contributed by atoms with E-state index in [9.17, 15) is 9.59 Å². The van der Waals surface area contributed by atoms with Gasteiger partial charge in [-0.1, -0.05) is 12.1 Å². The molecule has 142 valence electrons. The van der Waals surface area contributed by atoms with E-state index < -0.39 is 6.10 Å². The van der Waals surface area contributed by atoms with Crippen LogP contribution in [0.25, 0.3) is 0 Å². The van der Waals surface area contributed by atoms with Crippen LogP contribution in [0.1, 0.15) is 37.8 Å². The van der Waals surface area contributed by atoms with Gasteiger partial charge in [0.2, 0.25) is 0 Å². The van der Waals surface area contributed by atoms with Crippen molar-refractivity contribution in [2.75, 3.05) is 32.8 Å². The lowest BCUT2D eigenvalue weighted by Crippen LogP contribution is -2.53. The molecule has 1 aromatic carbocycles. The van der Waals surface area contributed by atoms with Gasteiger partial charge in [0.15, 0.2) is 6.10 Å². The lowest BCUT2D eigenvalue weighted by molar-refractivity contribution is -0.139. The van der Waals surface area contributed by atoms with Crippen LogP contribution in [0, 0.1) is 0 Å². The molecule has 1 fully saturated rings. The van der Waals surface area contributed by atoms with E-state index in [4.69, 9.17) is 9.47 Å². The van der Waals surface area contributed by atoms with E-state index in [0.717, 1.165) is 18.6 Å². The summed E-state index contributed by atoms with van der Waals surface area (Å²) in [7, 11) is 0. The fourth-order valence-corrected chi connectivity index (χ4v) is 3.68. The number of carbonyl (C=O) groups is 2. The molecular formula is C20H28N2O4. The van der Waals surface area contributed by atoms with E-state index in [1.807, 2.05) is 19.1 Å². The third kappa shape index (κ3) is 4.11. The van der Waals surface area contributed by atoms with Crippen molar-refractivity contribution in [2.45, 2.75) is 45.6 Å². The molecule has 0 aromatic heterocycles. The van der Waals surface area contributed by atoms with Gasteiger partial charge < -0.3 is 19.3 Å². The Balaban J connectivity index is 1.57. The van der Waals surface area contributed by atoms with Crippen LogP contribution >= 0.6 is 0 Å². The van der Waals surface area contributed by atoms with Crippen LogP contribution in [0.3, 0.4) is 0 Å². The first-order chi connectivity index (χ1) is 12.6. The number of piperazine rings is 1. The number of aryl methyl sites for hydroxylation is 1. The summed E-state index contributed by atoms with van der Waals surface area (Å²) in [6.07, 6.45) is 3.66. The van der Waals surface area contributed by atoms with Crippen molar-refractivity contribution in [3.8, 4) is 5.75 Å². The van der Waals surface area contributed by atoms with E-state index >= 15 is 0 Å². The molecule has 6 heteroatoms. The monoisotopic (exact) mass is 360 g/mol. The number of hydrogen-bond donors (Lipinski definition) is 0. The smallest absolute Gasteiger partial charge is 0.409 e. The number of fused-ring (bicyclic) bond motifs is 1. The van der Waals surface area contributed by atoms with E-state index in [1.54, 1.807) is 16.7 Å². The molecule has 1 atom stereocenters. The molecule has 0 spiro atoms. The van der Waals surface area contributed by atoms with Gasteiger partial charge >= 0.3 is 6.09 Å². The predicted octanol–water partition coefficient (Wildman–Crippen LogP) is 2.63. The molecule has 1 saturated heterocycles. The van der Waals surface area contributed by atoms with Crippen LogP contribution in [0.5, 0.6) is 5.75 Å². The molecule has 0 N–H and O–H groups in total. The summed E-state index contributed by atoms with van der Waals surface area (Å²) in [6, 6.07) is 6.13. The molecule has 3 rings (SSSR count). The first-order valence-corrected chi connectivity index (χ1v) is 9.58. The third-order valence-electron chi connectivity index (χ3n) is 5.12. The molecule has 1 heterocycles. The Kier molecular flexibility index (Phi) is 6.01. The third-order valence-corrected chi connectivity index (χ3v) is 5.12. The molecule has 2 aliphatic rings. The van der Waals surface area contributed by atoms with Crippen LogP contribution in [-0.4, -0.2) is 60.7 Å². The number of benzene rings is 1. The fraction of sp³-hybridized carbons (Fsp3) is 0.600. The number of nitrogens with zero attached hydrogens (tertiary/aromatic N) is 2. The summed E-state index contributed by atoms with van der Waals surface area (Å²) < 4.78 is 11.1. The molecule has 0 saturated carbocycles. The topological polar surface area (TPSA) is 59.1 Å². The Bertz CT molecular complexity index is 653. The molecule has 0 radical (unpaired) electrons. The molecule has 1 aromatic rings. The summed E-state index contributed by atoms with van der Waals surface area (Å²) in [6.45, 7) is 5.98. The Morgan fingerprint density at radius 2 is 1.77 bits per heavy atom. The van der Waals surface area contributed by atoms with Crippen molar-refractivity contribution in [1.29, 1.82) is 0 Å². The molecule has 2 amide bonds. The van der Waals surface area contributed by atoms with Crippen LogP contribution in [-0.2, 0) is 22.4 Å². The van der Waals surface area contributed by atoms with Crippen molar-refractivity contribution < 1.29 is 19.1 Å². The van der Waals surface area contributed by atoms with Gasteiger partial charge in [-0.15, -0.1) is 0 Å². The Labute approximate surface area is 155 Å². The Morgan fingerprint density at radius 3 is 2.50 bits per heavy atom. The number of ether oxygens (including phenoxy) is 2. The van der Waals surface area contributed by atoms with Gasteiger partial charge in [-0.05, 0) is 56.7 Å². The zero-order chi connectivity index (χ0) is 18.5. The van der Waals surface area contributed by atoms with Crippen LogP contribution in [0.4, 0.5) is 4.79 Å². The van der Waals surface area contributed by atoms with Gasteiger partial charge in [0, 0.05) is 26.2 Å². The largest absolute Gasteiger partial charge is 0.481 e. The molecule has 26 heavy (non-hydrogen) atoms. The lowest BCUT2D eigenvalue weighted by Gasteiger charge is -2.35. The highest BCUT2D eigenvalue weighted by atomic mass is 16.6. The average Bonchev–Trinajstić information content (AvgIpc) is 2.68. The lowest BCUT2D eigenvalue weighted by atomic mass is 9.91. The average molecular weight is 360 g/mol. The quantitative estimate of drug-likeness (QED) is 0.828. The van der Waals surface area contributed by atoms with Gasteiger partial charge in [0.1, 0.15) is 5.75 Å². The molecule has 1 aliphatic carbocycles. The zero-order valence-electron chi connectivity index (χ0n) is 15.7. The number of hydrogen-bond acceptors (Lipinski definition) is 4. The Morgan fingerprint density at radius 1 is 1.08 bits per heavy atom. The van der Waals surface area contributed by atoms with Crippen LogP contribution in [0.15, 0.2) is 18.2 Å². The van der Waals surface area contributed by atoms with Gasteiger partial charge in [0.05, 0.1) is 6.61 Å². The van der Waals surface area contributed by atoms with Gasteiger partial charge in [-0.2, -0.15) is 0 Å². The molecule has 0 unspecified atom stereocenters. The maximum Gasteiger partial charge on any atom is 0.409 e. The van der Waals surface area contributed by atoms with Crippen molar-refractivity contribution in [3.05, 3.63) is 29.3 Å². The minimum Gasteiger partial charge on any atom is -0.481 e. The second-order valence-electron chi connectivity index (χ2n) is 6.87. The van der Waals surface area contributed by atoms with E-state index in [2.05, 4.69) is 6.07 Å². The number of amides is 2. The van der Waals surface area contributed by atoms with Gasteiger partial charge in [0.25, 0.3) is 5.91 Å². The molecule has 0 bridgehead atoms. The van der Waals surface area contributed by atoms with Gasteiger partial charge in [-0.3, -0.25) is 4.79 Å². The molecule has 1 aliphatic heterocycles. The predicted molar refractivity (Wildman–Crippen MR) is 98.3 cm³/mol. The van der Waals surface area contributed by atoms with Crippen molar-refractivity contribution in [1.82, 2.24) is 9.80 Å². The Hall–Kier alpha value is -2.24. The van der Waals surface area contributed by atoms with E-state index in [0.29, 0.717) is 32.8 Å². The highest BCUT2D eigenvalue weighted by Crippen LogP contribution is 2.30. The second kappa shape index (κ2) is 8.43. The summed E-state index contributed by atoms with van der Waals surface area (Å²) in [5, 5.41) is 0. The standard InChI is InChI=1S/C20H28N2O4/c1-3-25-20(24)22-13-11-21(12-14-22)19(23)15(2)26-18-10-6-8-16-7-4-5-9-17(16)18/h6,8,10,15H,3-5,7,9,11-14H2,1-2H3/t15-/m0/s1. The first kappa shape index (κ1) is 18.5. The maximum absolute atomic E-state index is 12.7. The minimum atomic E-state index is -0.530. The molecule has 6 nitrogen and oxygen atoms in total. The van der Waals surface area contributed by atoms with Crippen molar-refractivity contribution in [2.24, 2.45) is 0 Å². The summed E-state index contributed by atoms with van der Waals surface area (Å²) in [5.74, 6) is 0.815. The summed E-state index contributed by atoms with van der Waals surface area (Å²) >= 11 is 0. The number of rotatable bonds is 4. The van der Waals surface area contributed by atoms with E-state index in [-0.39, 0.29) is 12.0 Å². The highest BCUT2D eigenvalue weighted by Gasteiger charge is 2.29. The SMILES string of the molecule is CCOC(=O)N1CCN(C(=O)[C@H](C)Oc2cccc3c2CCCC3)CC1. The first-order valence-electron chi connectivity index (χ1n) is 9.58. The van der Waals surface area contributed by atoms with Crippen LogP contribution < -0.4 is 4.74 Å². The van der Waals surface area contributed by atoms with Crippen molar-refractivity contribution >= 4 is 12.0 Å². The summed E-state index contributed by atoms with van der Waals surface area (Å²) in [5.41, 5.74) is 2.60. The number of carbonyl (C=O) groups excluding carboxylic acids is 2. The van der Waals surface area contributed by atoms with Gasteiger partial charge in [-0.25, -0.2) is 4.79 Å². The van der Waals surface area contributed by atoms with E-state index in [1.165, 1.54) is 24.0 Å². The summed E-state index contributed by atoms with van der Waals surface area (Å²) in [4.78, 5) is 27.9. The van der Waals surface area contributed by atoms with Crippen molar-refractivity contribution in [3.63, 3.8) is 0 Å². The second-order valence-corrected chi connectivity index (χ2v) is 6.87. The zero-order valence-corrected chi connectivity index (χ0v) is 15.7. The maximum atomic E-state index is 12.7. The van der Waals surface area contributed by atoms with Crippen LogP contribution in [0.2, 0.25) is 0 Å². The normalized spacial score (nSPS) is 18.1. The fourth-order valence-electron chi connectivity index (χ4n) is 3.68. The minimum absolute atomic E-state index is 0.0260. The highest BCUT2D eigenvalue weighted by molar-refractivity contribution is 5.81. The molecular weight excluding hydrogens is 332 g/mol.